The molecule has 0 saturated heterocycles. The Morgan fingerprint density at radius 1 is 1.33 bits per heavy atom. The van der Waals surface area contributed by atoms with Gasteiger partial charge in [0.25, 0.3) is 0 Å². The van der Waals surface area contributed by atoms with Crippen LogP contribution in [0.1, 0.15) is 22.9 Å². The number of thiophene rings is 1. The summed E-state index contributed by atoms with van der Waals surface area (Å²) in [5.41, 5.74) is 1.13. The van der Waals surface area contributed by atoms with Gasteiger partial charge in [0, 0.05) is 11.4 Å². The molecule has 0 spiro atoms. The zero-order valence-corrected chi connectivity index (χ0v) is 15.1. The first kappa shape index (κ1) is 18.3. The number of carbonyl (C=O) groups excluding carboxylic acids is 1. The predicted molar refractivity (Wildman–Crippen MR) is 96.7 cm³/mol. The van der Waals surface area contributed by atoms with Gasteiger partial charge in [0.2, 0.25) is 0 Å². The standard InChI is InChI=1S/C18H24N2O3S/c1-13-6-7-14(11-15(13)23-3)8-9-19-17(21)20-12-18(2,22)16-5-4-10-24-16/h4-7,10-11,22H,8-9,12H2,1-3H3,(H2,19,20,21). The molecule has 0 aliphatic heterocycles. The van der Waals surface area contributed by atoms with E-state index in [1.807, 2.05) is 42.6 Å². The fraction of sp³-hybridized carbons (Fsp3) is 0.389. The third kappa shape index (κ3) is 4.97. The first-order valence-corrected chi connectivity index (χ1v) is 8.72. The van der Waals surface area contributed by atoms with E-state index in [-0.39, 0.29) is 12.6 Å². The molecule has 3 N–H and O–H groups in total. The molecule has 2 rings (SSSR count). The van der Waals surface area contributed by atoms with Gasteiger partial charge in [-0.05, 0) is 48.9 Å². The fourth-order valence-electron chi connectivity index (χ4n) is 2.33. The first-order chi connectivity index (χ1) is 11.4. The number of nitrogens with one attached hydrogen (secondary N) is 2. The molecular weight excluding hydrogens is 324 g/mol. The highest BCUT2D eigenvalue weighted by Gasteiger charge is 2.24. The Balaban J connectivity index is 1.75. The SMILES string of the molecule is COc1cc(CCNC(=O)NCC(C)(O)c2cccs2)ccc1C. The Kier molecular flexibility index (Phi) is 6.23. The Morgan fingerprint density at radius 2 is 2.12 bits per heavy atom. The number of amides is 2. The van der Waals surface area contributed by atoms with Gasteiger partial charge in [-0.3, -0.25) is 0 Å². The van der Waals surface area contributed by atoms with Crippen LogP contribution >= 0.6 is 11.3 Å². The van der Waals surface area contributed by atoms with Crippen molar-refractivity contribution in [2.45, 2.75) is 25.9 Å². The molecule has 0 aliphatic rings. The predicted octanol–water partition coefficient (Wildman–Crippen LogP) is 2.81. The average molecular weight is 348 g/mol. The molecule has 2 aromatic rings. The summed E-state index contributed by atoms with van der Waals surface area (Å²) in [5, 5.41) is 17.8. The van der Waals surface area contributed by atoms with Gasteiger partial charge >= 0.3 is 6.03 Å². The smallest absolute Gasteiger partial charge is 0.314 e. The van der Waals surface area contributed by atoms with E-state index in [1.54, 1.807) is 14.0 Å². The number of methoxy groups -OCH3 is 1. The van der Waals surface area contributed by atoms with Crippen LogP contribution in [0.25, 0.3) is 0 Å². The van der Waals surface area contributed by atoms with E-state index in [4.69, 9.17) is 4.74 Å². The first-order valence-electron chi connectivity index (χ1n) is 7.84. The van der Waals surface area contributed by atoms with E-state index in [9.17, 15) is 9.90 Å². The van der Waals surface area contributed by atoms with Gasteiger partial charge in [-0.15, -0.1) is 11.3 Å². The van der Waals surface area contributed by atoms with Crippen LogP contribution in [-0.4, -0.2) is 31.3 Å². The van der Waals surface area contributed by atoms with Crippen LogP contribution in [0.15, 0.2) is 35.7 Å². The molecule has 0 aliphatic carbocycles. The zero-order valence-electron chi connectivity index (χ0n) is 14.3. The molecule has 130 valence electrons. The van der Waals surface area contributed by atoms with E-state index in [1.165, 1.54) is 11.3 Å². The minimum absolute atomic E-state index is 0.164. The van der Waals surface area contributed by atoms with Gasteiger partial charge < -0.3 is 20.5 Å². The lowest BCUT2D eigenvalue weighted by molar-refractivity contribution is 0.0631. The Hall–Kier alpha value is -2.05. The number of aliphatic hydroxyl groups is 1. The van der Waals surface area contributed by atoms with Crippen molar-refractivity contribution in [2.24, 2.45) is 0 Å². The molecule has 0 radical (unpaired) electrons. The lowest BCUT2D eigenvalue weighted by atomic mass is 10.1. The highest BCUT2D eigenvalue weighted by molar-refractivity contribution is 7.10. The van der Waals surface area contributed by atoms with E-state index < -0.39 is 5.60 Å². The highest BCUT2D eigenvalue weighted by atomic mass is 32.1. The van der Waals surface area contributed by atoms with Crippen LogP contribution < -0.4 is 15.4 Å². The van der Waals surface area contributed by atoms with Crippen molar-refractivity contribution in [2.75, 3.05) is 20.2 Å². The summed E-state index contributed by atoms with van der Waals surface area (Å²) in [6.07, 6.45) is 0.714. The summed E-state index contributed by atoms with van der Waals surface area (Å²) in [7, 11) is 1.65. The summed E-state index contributed by atoms with van der Waals surface area (Å²) in [4.78, 5) is 12.7. The lowest BCUT2D eigenvalue weighted by Gasteiger charge is -2.22. The molecule has 1 aromatic heterocycles. The van der Waals surface area contributed by atoms with Crippen LogP contribution in [0.2, 0.25) is 0 Å². The number of benzene rings is 1. The number of hydrogen-bond acceptors (Lipinski definition) is 4. The quantitative estimate of drug-likeness (QED) is 0.720. The molecule has 0 saturated carbocycles. The van der Waals surface area contributed by atoms with Crippen molar-refractivity contribution < 1.29 is 14.6 Å². The van der Waals surface area contributed by atoms with E-state index in [2.05, 4.69) is 10.6 Å². The molecule has 2 amide bonds. The third-order valence-corrected chi connectivity index (χ3v) is 4.94. The third-order valence-electron chi connectivity index (χ3n) is 3.82. The number of ether oxygens (including phenoxy) is 1. The second-order valence-electron chi connectivity index (χ2n) is 5.91. The normalized spacial score (nSPS) is 13.2. The molecular formula is C18H24N2O3S. The molecule has 5 nitrogen and oxygen atoms in total. The zero-order chi connectivity index (χ0) is 17.6. The molecule has 24 heavy (non-hydrogen) atoms. The Labute approximate surface area is 146 Å². The molecule has 0 fully saturated rings. The van der Waals surface area contributed by atoms with Crippen LogP contribution in [0.5, 0.6) is 5.75 Å². The second-order valence-corrected chi connectivity index (χ2v) is 6.86. The number of aryl methyl sites for hydroxylation is 1. The molecule has 1 unspecified atom stereocenters. The van der Waals surface area contributed by atoms with Crippen LogP contribution in [0.4, 0.5) is 4.79 Å². The monoisotopic (exact) mass is 348 g/mol. The summed E-state index contributed by atoms with van der Waals surface area (Å²) in [6, 6.07) is 9.47. The number of carbonyl (C=O) groups is 1. The number of hydrogen-bond donors (Lipinski definition) is 3. The van der Waals surface area contributed by atoms with Crippen LogP contribution in [-0.2, 0) is 12.0 Å². The van der Waals surface area contributed by atoms with Crippen LogP contribution in [0, 0.1) is 6.92 Å². The van der Waals surface area contributed by atoms with E-state index in [0.29, 0.717) is 13.0 Å². The minimum atomic E-state index is -1.06. The van der Waals surface area contributed by atoms with Gasteiger partial charge in [0.1, 0.15) is 11.4 Å². The van der Waals surface area contributed by atoms with Gasteiger partial charge in [-0.25, -0.2) is 4.79 Å². The van der Waals surface area contributed by atoms with E-state index in [0.717, 1.165) is 21.8 Å². The molecule has 1 heterocycles. The summed E-state index contributed by atoms with van der Waals surface area (Å²) in [6.45, 7) is 4.36. The fourth-order valence-corrected chi connectivity index (χ4v) is 3.11. The maximum Gasteiger partial charge on any atom is 0.314 e. The topological polar surface area (TPSA) is 70.6 Å². The van der Waals surface area contributed by atoms with Crippen molar-refractivity contribution in [3.05, 3.63) is 51.7 Å². The summed E-state index contributed by atoms with van der Waals surface area (Å²) < 4.78 is 5.30. The number of rotatable bonds is 7. The number of urea groups is 1. The van der Waals surface area contributed by atoms with E-state index >= 15 is 0 Å². The maximum atomic E-state index is 11.9. The average Bonchev–Trinajstić information content (AvgIpc) is 3.10. The largest absolute Gasteiger partial charge is 0.496 e. The minimum Gasteiger partial charge on any atom is -0.496 e. The Bertz CT molecular complexity index is 669. The van der Waals surface area contributed by atoms with Crippen molar-refractivity contribution >= 4 is 17.4 Å². The van der Waals surface area contributed by atoms with Crippen molar-refractivity contribution in [1.82, 2.24) is 10.6 Å². The van der Waals surface area contributed by atoms with Crippen molar-refractivity contribution in [1.29, 1.82) is 0 Å². The van der Waals surface area contributed by atoms with Crippen molar-refractivity contribution in [3.8, 4) is 5.75 Å². The molecule has 6 heteroatoms. The second kappa shape index (κ2) is 8.17. The highest BCUT2D eigenvalue weighted by Crippen LogP contribution is 2.24. The van der Waals surface area contributed by atoms with Gasteiger partial charge in [0.15, 0.2) is 0 Å². The van der Waals surface area contributed by atoms with Gasteiger partial charge in [-0.1, -0.05) is 18.2 Å². The van der Waals surface area contributed by atoms with Crippen molar-refractivity contribution in [3.63, 3.8) is 0 Å². The molecule has 1 aromatic carbocycles. The lowest BCUT2D eigenvalue weighted by Crippen LogP contribution is -2.43. The summed E-state index contributed by atoms with van der Waals surface area (Å²) >= 11 is 1.47. The van der Waals surface area contributed by atoms with Gasteiger partial charge in [0.05, 0.1) is 13.7 Å². The Morgan fingerprint density at radius 3 is 2.79 bits per heavy atom. The van der Waals surface area contributed by atoms with Gasteiger partial charge in [-0.2, -0.15) is 0 Å². The maximum absolute atomic E-state index is 11.9. The molecule has 1 atom stereocenters. The van der Waals surface area contributed by atoms with Crippen LogP contribution in [0.3, 0.4) is 0 Å². The summed E-state index contributed by atoms with van der Waals surface area (Å²) in [5.74, 6) is 0.851. The molecule has 0 bridgehead atoms.